The number of likely N-dealkylation sites (tertiary alicyclic amines) is 1. The number of methoxy groups -OCH3 is 2. The number of ether oxygens (including phenoxy) is 2. The lowest BCUT2D eigenvalue weighted by Crippen LogP contribution is -2.48. The number of halogens is 1. The summed E-state index contributed by atoms with van der Waals surface area (Å²) in [5, 5.41) is 11.9. The Bertz CT molecular complexity index is 696. The number of hydrogen-bond acceptors (Lipinski definition) is 5. The molecule has 1 heterocycles. The standard InChI is InChI=1S/C17H21ClN2O6/c1-25-13-6-5-10(18)8-11(13)16(22)20-7-3-4-12(20)15(21)19-9-14(26-2)17(23)24/h5-6,8,12,14H,3-4,7,9H2,1-2H3,(H,19,21)(H,23,24). The summed E-state index contributed by atoms with van der Waals surface area (Å²) in [6.07, 6.45) is 0.0161. The molecule has 0 saturated carbocycles. The summed E-state index contributed by atoms with van der Waals surface area (Å²) in [6, 6.07) is 4.03. The first-order chi connectivity index (χ1) is 12.4. The molecule has 2 atom stereocenters. The molecule has 0 spiro atoms. The van der Waals surface area contributed by atoms with Crippen molar-refractivity contribution >= 4 is 29.4 Å². The van der Waals surface area contributed by atoms with E-state index >= 15 is 0 Å². The minimum absolute atomic E-state index is 0.177. The average molecular weight is 385 g/mol. The van der Waals surface area contributed by atoms with E-state index in [0.29, 0.717) is 30.2 Å². The third kappa shape index (κ3) is 4.44. The van der Waals surface area contributed by atoms with Gasteiger partial charge in [-0.05, 0) is 31.0 Å². The van der Waals surface area contributed by atoms with E-state index in [9.17, 15) is 14.4 Å². The Labute approximate surface area is 156 Å². The molecule has 2 rings (SSSR count). The predicted octanol–water partition coefficient (Wildman–Crippen LogP) is 1.17. The van der Waals surface area contributed by atoms with Crippen LogP contribution in [-0.4, -0.2) is 67.2 Å². The molecule has 2 amide bonds. The maximum atomic E-state index is 12.9. The minimum Gasteiger partial charge on any atom is -0.496 e. The molecule has 1 aliphatic heterocycles. The fourth-order valence-corrected chi connectivity index (χ4v) is 3.04. The van der Waals surface area contributed by atoms with E-state index in [4.69, 9.17) is 26.2 Å². The Kier molecular flexibility index (Phi) is 6.82. The van der Waals surface area contributed by atoms with Gasteiger partial charge in [0.15, 0.2) is 6.10 Å². The number of nitrogens with one attached hydrogen (secondary N) is 1. The van der Waals surface area contributed by atoms with Gasteiger partial charge in [0.05, 0.1) is 19.2 Å². The zero-order chi connectivity index (χ0) is 19.3. The topological polar surface area (TPSA) is 105 Å². The Balaban J connectivity index is 2.12. The number of carboxylic acids is 1. The SMILES string of the molecule is COc1ccc(Cl)cc1C(=O)N1CCCC1C(=O)NCC(OC)C(=O)O. The van der Waals surface area contributed by atoms with Crippen LogP contribution in [0.1, 0.15) is 23.2 Å². The zero-order valence-corrected chi connectivity index (χ0v) is 15.3. The van der Waals surface area contributed by atoms with Crippen LogP contribution in [0.15, 0.2) is 18.2 Å². The lowest BCUT2D eigenvalue weighted by molar-refractivity contribution is -0.148. The average Bonchev–Trinajstić information content (AvgIpc) is 3.10. The molecule has 1 aromatic rings. The van der Waals surface area contributed by atoms with Gasteiger partial charge in [0.1, 0.15) is 11.8 Å². The van der Waals surface area contributed by atoms with Gasteiger partial charge in [-0.1, -0.05) is 11.6 Å². The van der Waals surface area contributed by atoms with E-state index < -0.39 is 24.0 Å². The summed E-state index contributed by atoms with van der Waals surface area (Å²) in [4.78, 5) is 37.7. The van der Waals surface area contributed by atoms with Gasteiger partial charge in [-0.2, -0.15) is 0 Å². The van der Waals surface area contributed by atoms with E-state index in [-0.39, 0.29) is 18.0 Å². The van der Waals surface area contributed by atoms with E-state index in [1.54, 1.807) is 12.1 Å². The first-order valence-corrected chi connectivity index (χ1v) is 8.44. The van der Waals surface area contributed by atoms with Crippen LogP contribution in [-0.2, 0) is 14.3 Å². The zero-order valence-electron chi connectivity index (χ0n) is 14.5. The largest absolute Gasteiger partial charge is 0.496 e. The van der Waals surface area contributed by atoms with Crippen LogP contribution in [0.2, 0.25) is 5.02 Å². The van der Waals surface area contributed by atoms with Crippen molar-refractivity contribution in [2.75, 3.05) is 27.3 Å². The molecule has 1 saturated heterocycles. The van der Waals surface area contributed by atoms with Crippen LogP contribution in [0.4, 0.5) is 0 Å². The van der Waals surface area contributed by atoms with Crippen molar-refractivity contribution in [3.05, 3.63) is 28.8 Å². The maximum Gasteiger partial charge on any atom is 0.334 e. The molecule has 142 valence electrons. The molecule has 0 radical (unpaired) electrons. The molecular weight excluding hydrogens is 364 g/mol. The van der Waals surface area contributed by atoms with Crippen LogP contribution in [0.5, 0.6) is 5.75 Å². The lowest BCUT2D eigenvalue weighted by Gasteiger charge is -2.25. The van der Waals surface area contributed by atoms with Crippen molar-refractivity contribution in [1.82, 2.24) is 10.2 Å². The molecule has 8 nitrogen and oxygen atoms in total. The summed E-state index contributed by atoms with van der Waals surface area (Å²) < 4.78 is 9.99. The van der Waals surface area contributed by atoms with Crippen LogP contribution in [0, 0.1) is 0 Å². The Morgan fingerprint density at radius 2 is 2.12 bits per heavy atom. The van der Waals surface area contributed by atoms with Gasteiger partial charge in [-0.25, -0.2) is 4.79 Å². The Morgan fingerprint density at radius 1 is 1.38 bits per heavy atom. The van der Waals surface area contributed by atoms with Gasteiger partial charge in [-0.3, -0.25) is 9.59 Å². The number of benzene rings is 1. The van der Waals surface area contributed by atoms with E-state index in [1.165, 1.54) is 25.2 Å². The van der Waals surface area contributed by atoms with Crippen LogP contribution < -0.4 is 10.1 Å². The number of hydrogen-bond donors (Lipinski definition) is 2. The molecule has 1 aliphatic rings. The van der Waals surface area contributed by atoms with E-state index in [1.807, 2.05) is 0 Å². The predicted molar refractivity (Wildman–Crippen MR) is 93.5 cm³/mol. The smallest absolute Gasteiger partial charge is 0.334 e. The number of nitrogens with zero attached hydrogens (tertiary/aromatic N) is 1. The van der Waals surface area contributed by atoms with Crippen molar-refractivity contribution in [3.63, 3.8) is 0 Å². The molecule has 9 heteroatoms. The summed E-state index contributed by atoms with van der Waals surface area (Å²) in [7, 11) is 2.70. The molecule has 1 aromatic carbocycles. The van der Waals surface area contributed by atoms with Gasteiger partial charge >= 0.3 is 5.97 Å². The number of rotatable bonds is 7. The quantitative estimate of drug-likeness (QED) is 0.731. The number of carboxylic acid groups (broad SMARTS) is 1. The lowest BCUT2D eigenvalue weighted by atomic mass is 10.1. The van der Waals surface area contributed by atoms with Crippen LogP contribution >= 0.6 is 11.6 Å². The highest BCUT2D eigenvalue weighted by atomic mass is 35.5. The van der Waals surface area contributed by atoms with Gasteiger partial charge in [0, 0.05) is 18.7 Å². The highest BCUT2D eigenvalue weighted by Crippen LogP contribution is 2.27. The molecular formula is C17H21ClN2O6. The molecule has 1 fully saturated rings. The molecule has 0 aliphatic carbocycles. The van der Waals surface area contributed by atoms with Gasteiger partial charge in [0.25, 0.3) is 5.91 Å². The Hall–Kier alpha value is -2.32. The van der Waals surface area contributed by atoms with E-state index in [0.717, 1.165) is 0 Å². The van der Waals surface area contributed by atoms with Crippen molar-refractivity contribution in [2.45, 2.75) is 25.0 Å². The van der Waals surface area contributed by atoms with Crippen molar-refractivity contribution in [2.24, 2.45) is 0 Å². The fourth-order valence-electron chi connectivity index (χ4n) is 2.87. The van der Waals surface area contributed by atoms with Crippen molar-refractivity contribution < 1.29 is 29.0 Å². The van der Waals surface area contributed by atoms with Crippen molar-refractivity contribution in [3.8, 4) is 5.75 Å². The first kappa shape index (κ1) is 20.0. The molecule has 2 N–H and O–H groups in total. The van der Waals surface area contributed by atoms with Gasteiger partial charge in [-0.15, -0.1) is 0 Å². The summed E-state index contributed by atoms with van der Waals surface area (Å²) in [5.74, 6) is -1.57. The maximum absolute atomic E-state index is 12.9. The third-order valence-corrected chi connectivity index (χ3v) is 4.46. The molecule has 26 heavy (non-hydrogen) atoms. The number of carbonyl (C=O) groups is 3. The molecule has 0 aromatic heterocycles. The Morgan fingerprint density at radius 3 is 2.73 bits per heavy atom. The van der Waals surface area contributed by atoms with Crippen LogP contribution in [0.25, 0.3) is 0 Å². The number of aliphatic carboxylic acids is 1. The number of amides is 2. The normalized spacial score (nSPS) is 17.7. The second kappa shape index (κ2) is 8.86. The summed E-state index contributed by atoms with van der Waals surface area (Å²) >= 11 is 5.98. The van der Waals surface area contributed by atoms with Crippen LogP contribution in [0.3, 0.4) is 0 Å². The highest BCUT2D eigenvalue weighted by molar-refractivity contribution is 6.31. The third-order valence-electron chi connectivity index (χ3n) is 4.23. The second-order valence-corrected chi connectivity index (χ2v) is 6.25. The minimum atomic E-state index is -1.17. The fraction of sp³-hybridized carbons (Fsp3) is 0.471. The second-order valence-electron chi connectivity index (χ2n) is 5.81. The van der Waals surface area contributed by atoms with Crippen molar-refractivity contribution in [1.29, 1.82) is 0 Å². The summed E-state index contributed by atoms with van der Waals surface area (Å²) in [5.41, 5.74) is 0.278. The first-order valence-electron chi connectivity index (χ1n) is 8.06. The highest BCUT2D eigenvalue weighted by Gasteiger charge is 2.36. The van der Waals surface area contributed by atoms with E-state index in [2.05, 4.69) is 5.32 Å². The molecule has 2 unspecified atom stereocenters. The molecule has 0 bridgehead atoms. The number of carbonyl (C=O) groups excluding carboxylic acids is 2. The summed E-state index contributed by atoms with van der Waals surface area (Å²) in [6.45, 7) is 0.239. The van der Waals surface area contributed by atoms with Gasteiger partial charge in [0.2, 0.25) is 5.91 Å². The van der Waals surface area contributed by atoms with Gasteiger partial charge < -0.3 is 24.8 Å². The monoisotopic (exact) mass is 384 g/mol.